The van der Waals surface area contributed by atoms with Gasteiger partial charge in [0.1, 0.15) is 0 Å². The highest BCUT2D eigenvalue weighted by atomic mass is 79.9. The summed E-state index contributed by atoms with van der Waals surface area (Å²) in [5.74, 6) is -1.03. The van der Waals surface area contributed by atoms with Gasteiger partial charge in [0.05, 0.1) is 19.1 Å². The number of carbonyl (C=O) groups excluding carboxylic acids is 1. The van der Waals surface area contributed by atoms with Crippen molar-refractivity contribution >= 4 is 45.2 Å². The first-order chi connectivity index (χ1) is 9.54. The minimum Gasteiger partial charge on any atom is -0.481 e. The molecule has 0 aromatic carbocycles. The smallest absolute Gasteiger partial charge is 0.306 e. The van der Waals surface area contributed by atoms with Crippen molar-refractivity contribution < 1.29 is 19.4 Å². The number of aliphatic carboxylic acids is 1. The molecular weight excluding hydrogens is 346 g/mol. The van der Waals surface area contributed by atoms with Gasteiger partial charge in [0.2, 0.25) is 5.91 Å². The lowest BCUT2D eigenvalue weighted by Crippen LogP contribution is -2.45. The zero-order valence-corrected chi connectivity index (χ0v) is 13.0. The third-order valence-electron chi connectivity index (χ3n) is 2.83. The second-order valence-corrected chi connectivity index (χ2v) is 6.23. The molecule has 1 aliphatic rings. The van der Waals surface area contributed by atoms with E-state index in [2.05, 4.69) is 15.9 Å². The van der Waals surface area contributed by atoms with E-state index in [9.17, 15) is 9.59 Å². The van der Waals surface area contributed by atoms with Crippen LogP contribution in [0.25, 0.3) is 6.08 Å². The molecule has 108 valence electrons. The van der Waals surface area contributed by atoms with Gasteiger partial charge in [0.15, 0.2) is 0 Å². The molecule has 0 aliphatic carbocycles. The van der Waals surface area contributed by atoms with Crippen LogP contribution < -0.4 is 0 Å². The molecule has 1 saturated heterocycles. The van der Waals surface area contributed by atoms with Crippen molar-refractivity contribution in [1.82, 2.24) is 4.90 Å². The lowest BCUT2D eigenvalue weighted by atomic mass is 10.2. The normalized spacial score (nSPS) is 19.4. The Hall–Kier alpha value is -1.18. The van der Waals surface area contributed by atoms with Crippen LogP contribution in [0.4, 0.5) is 0 Å². The summed E-state index contributed by atoms with van der Waals surface area (Å²) in [6, 6.07) is 1.93. The van der Waals surface area contributed by atoms with E-state index < -0.39 is 12.1 Å². The van der Waals surface area contributed by atoms with Crippen LogP contribution in [0.5, 0.6) is 0 Å². The molecule has 20 heavy (non-hydrogen) atoms. The molecular formula is C13H14BrNO4S. The van der Waals surface area contributed by atoms with Crippen molar-refractivity contribution in [3.05, 3.63) is 26.9 Å². The van der Waals surface area contributed by atoms with Crippen LogP contribution in [0.15, 0.2) is 22.0 Å². The number of carbonyl (C=O) groups is 2. The minimum atomic E-state index is -0.914. The summed E-state index contributed by atoms with van der Waals surface area (Å²) in [5, 5.41) is 10.7. The molecule has 1 aliphatic heterocycles. The number of amides is 1. The molecule has 1 amide bonds. The van der Waals surface area contributed by atoms with E-state index in [0.29, 0.717) is 19.7 Å². The molecule has 0 radical (unpaired) electrons. The topological polar surface area (TPSA) is 66.8 Å². The van der Waals surface area contributed by atoms with Crippen LogP contribution in [0.3, 0.4) is 0 Å². The van der Waals surface area contributed by atoms with Gasteiger partial charge in [-0.2, -0.15) is 0 Å². The van der Waals surface area contributed by atoms with E-state index in [1.54, 1.807) is 22.3 Å². The molecule has 2 rings (SSSR count). The lowest BCUT2D eigenvalue weighted by molar-refractivity contribution is -0.145. The number of carboxylic acid groups (broad SMARTS) is 1. The third-order valence-corrected chi connectivity index (χ3v) is 4.49. The van der Waals surface area contributed by atoms with E-state index in [4.69, 9.17) is 9.84 Å². The van der Waals surface area contributed by atoms with Crippen LogP contribution >= 0.6 is 27.3 Å². The summed E-state index contributed by atoms with van der Waals surface area (Å²) in [7, 11) is 0. The summed E-state index contributed by atoms with van der Waals surface area (Å²) < 4.78 is 6.32. The third kappa shape index (κ3) is 4.43. The quantitative estimate of drug-likeness (QED) is 0.837. The summed E-state index contributed by atoms with van der Waals surface area (Å²) in [5.41, 5.74) is 0. The maximum Gasteiger partial charge on any atom is 0.306 e. The fourth-order valence-corrected chi connectivity index (χ4v) is 3.25. The Morgan fingerprint density at radius 2 is 2.40 bits per heavy atom. The van der Waals surface area contributed by atoms with Crippen molar-refractivity contribution in [3.63, 3.8) is 0 Å². The Morgan fingerprint density at radius 3 is 3.05 bits per heavy atom. The summed E-state index contributed by atoms with van der Waals surface area (Å²) in [6.07, 6.45) is 2.78. The SMILES string of the molecule is O=C(O)CC1CN(C(=O)C=Cc2cc(Br)cs2)CCO1. The monoisotopic (exact) mass is 359 g/mol. The Morgan fingerprint density at radius 1 is 1.60 bits per heavy atom. The first-order valence-electron chi connectivity index (χ1n) is 6.09. The van der Waals surface area contributed by atoms with Gasteiger partial charge < -0.3 is 14.7 Å². The number of thiophene rings is 1. The maximum atomic E-state index is 12.0. The van der Waals surface area contributed by atoms with Gasteiger partial charge in [-0.3, -0.25) is 9.59 Å². The second kappa shape index (κ2) is 7.01. The van der Waals surface area contributed by atoms with Gasteiger partial charge >= 0.3 is 5.97 Å². The zero-order chi connectivity index (χ0) is 14.5. The standard InChI is InChI=1S/C13H14BrNO4S/c14-9-5-11(20-8-9)1-2-12(16)15-3-4-19-10(7-15)6-13(17)18/h1-2,5,8,10H,3-4,6-7H2,(H,17,18). The molecule has 1 fully saturated rings. The van der Waals surface area contributed by atoms with Crippen molar-refractivity contribution in [1.29, 1.82) is 0 Å². The van der Waals surface area contributed by atoms with Crippen molar-refractivity contribution in [2.75, 3.05) is 19.7 Å². The molecule has 2 heterocycles. The molecule has 1 N–H and O–H groups in total. The maximum absolute atomic E-state index is 12.0. The van der Waals surface area contributed by atoms with Crippen LogP contribution in [0.1, 0.15) is 11.3 Å². The van der Waals surface area contributed by atoms with Gasteiger partial charge in [-0.15, -0.1) is 11.3 Å². The molecule has 1 atom stereocenters. The van der Waals surface area contributed by atoms with Gasteiger partial charge in [-0.1, -0.05) is 0 Å². The van der Waals surface area contributed by atoms with Gasteiger partial charge in [-0.25, -0.2) is 0 Å². The molecule has 1 aromatic heterocycles. The van der Waals surface area contributed by atoms with Crippen LogP contribution in [-0.2, 0) is 14.3 Å². The fourth-order valence-electron chi connectivity index (χ4n) is 1.91. The second-order valence-electron chi connectivity index (χ2n) is 4.38. The first-order valence-corrected chi connectivity index (χ1v) is 7.76. The number of nitrogens with zero attached hydrogens (tertiary/aromatic N) is 1. The molecule has 0 bridgehead atoms. The number of ether oxygens (including phenoxy) is 1. The van der Waals surface area contributed by atoms with Crippen molar-refractivity contribution in [2.45, 2.75) is 12.5 Å². The summed E-state index contributed by atoms with van der Waals surface area (Å²) in [6.45, 7) is 1.19. The van der Waals surface area contributed by atoms with Gasteiger partial charge in [-0.05, 0) is 28.1 Å². The van der Waals surface area contributed by atoms with Crippen molar-refractivity contribution in [3.8, 4) is 0 Å². The molecule has 1 unspecified atom stereocenters. The average Bonchev–Trinajstić information content (AvgIpc) is 2.81. The molecule has 0 saturated carbocycles. The predicted octanol–water partition coefficient (Wildman–Crippen LogP) is 2.23. The minimum absolute atomic E-state index is 0.0780. The Labute approximate surface area is 129 Å². The van der Waals surface area contributed by atoms with Crippen LogP contribution in [0, 0.1) is 0 Å². The summed E-state index contributed by atoms with van der Waals surface area (Å²) in [4.78, 5) is 25.3. The number of halogens is 1. The first kappa shape index (κ1) is 15.2. The van der Waals surface area contributed by atoms with E-state index >= 15 is 0 Å². The molecule has 7 heteroatoms. The number of morpholine rings is 1. The molecule has 0 spiro atoms. The highest BCUT2D eigenvalue weighted by molar-refractivity contribution is 9.10. The highest BCUT2D eigenvalue weighted by Gasteiger charge is 2.24. The highest BCUT2D eigenvalue weighted by Crippen LogP contribution is 2.21. The van der Waals surface area contributed by atoms with Gasteiger partial charge in [0.25, 0.3) is 0 Å². The number of hydrogen-bond donors (Lipinski definition) is 1. The number of hydrogen-bond acceptors (Lipinski definition) is 4. The molecule has 5 nitrogen and oxygen atoms in total. The fraction of sp³-hybridized carbons (Fsp3) is 0.385. The van der Waals surface area contributed by atoms with Crippen LogP contribution in [-0.4, -0.2) is 47.7 Å². The number of carboxylic acids is 1. The van der Waals surface area contributed by atoms with Gasteiger partial charge in [0, 0.05) is 33.9 Å². The van der Waals surface area contributed by atoms with E-state index in [1.165, 1.54) is 6.08 Å². The largest absolute Gasteiger partial charge is 0.481 e. The zero-order valence-electron chi connectivity index (χ0n) is 10.6. The Bertz CT molecular complexity index is 528. The Kier molecular flexibility index (Phi) is 5.33. The molecule has 1 aromatic rings. The van der Waals surface area contributed by atoms with E-state index in [1.807, 2.05) is 11.4 Å². The lowest BCUT2D eigenvalue weighted by Gasteiger charge is -2.31. The van der Waals surface area contributed by atoms with E-state index in [0.717, 1.165) is 9.35 Å². The number of rotatable bonds is 4. The Balaban J connectivity index is 1.91. The van der Waals surface area contributed by atoms with Crippen LogP contribution in [0.2, 0.25) is 0 Å². The summed E-state index contributed by atoms with van der Waals surface area (Å²) >= 11 is 4.90. The predicted molar refractivity (Wildman–Crippen MR) is 79.6 cm³/mol. The average molecular weight is 360 g/mol. The van der Waals surface area contributed by atoms with Crippen molar-refractivity contribution in [2.24, 2.45) is 0 Å². The van der Waals surface area contributed by atoms with E-state index in [-0.39, 0.29) is 12.3 Å².